The monoisotopic (exact) mass is 461 g/mol. The highest BCUT2D eigenvalue weighted by Crippen LogP contribution is 2.34. The predicted molar refractivity (Wildman–Crippen MR) is 124 cm³/mol. The number of benzene rings is 2. The topological polar surface area (TPSA) is 62.2 Å². The molecule has 8 heteroatoms. The Morgan fingerprint density at radius 1 is 1.10 bits per heavy atom. The highest BCUT2D eigenvalue weighted by Gasteiger charge is 2.34. The molecule has 2 amide bonds. The van der Waals surface area contributed by atoms with Crippen molar-refractivity contribution in [2.75, 3.05) is 24.6 Å². The maximum Gasteiger partial charge on any atom is 0.345 e. The second kappa shape index (κ2) is 9.28. The van der Waals surface area contributed by atoms with E-state index in [0.29, 0.717) is 39.1 Å². The summed E-state index contributed by atoms with van der Waals surface area (Å²) in [6, 6.07) is 12.1. The fourth-order valence-corrected chi connectivity index (χ4v) is 3.70. The summed E-state index contributed by atoms with van der Waals surface area (Å²) in [5.74, 6) is -0.544. The van der Waals surface area contributed by atoms with Gasteiger partial charge in [0.25, 0.3) is 0 Å². The van der Waals surface area contributed by atoms with Gasteiger partial charge in [-0.05, 0) is 36.6 Å². The van der Waals surface area contributed by atoms with Gasteiger partial charge in [-0.25, -0.2) is 9.80 Å². The second-order valence-corrected chi connectivity index (χ2v) is 9.23. The molecule has 1 aliphatic heterocycles. The maximum atomic E-state index is 13.5. The first-order valence-corrected chi connectivity index (χ1v) is 10.7. The number of hydrazone groups is 1. The van der Waals surface area contributed by atoms with Crippen LogP contribution in [-0.4, -0.2) is 42.4 Å². The Morgan fingerprint density at radius 2 is 1.81 bits per heavy atom. The van der Waals surface area contributed by atoms with Gasteiger partial charge in [0, 0.05) is 22.7 Å². The molecule has 0 unspecified atom stereocenters. The van der Waals surface area contributed by atoms with Gasteiger partial charge in [-0.15, -0.1) is 0 Å². The Hall–Kier alpha value is -2.57. The predicted octanol–water partition coefficient (Wildman–Crippen LogP) is 5.60. The Bertz CT molecular complexity index is 1030. The van der Waals surface area contributed by atoms with Crippen molar-refractivity contribution in [3.63, 3.8) is 0 Å². The third kappa shape index (κ3) is 5.38. The Kier molecular flexibility index (Phi) is 6.92. The summed E-state index contributed by atoms with van der Waals surface area (Å²) in [6.45, 7) is 8.12. The fraction of sp³-hybridized carbons (Fsp3) is 0.348. The summed E-state index contributed by atoms with van der Waals surface area (Å²) in [5, 5.41) is 6.70. The van der Waals surface area contributed by atoms with Crippen LogP contribution < -0.4 is 4.90 Å². The lowest BCUT2D eigenvalue weighted by molar-refractivity contribution is -0.143. The molecule has 31 heavy (non-hydrogen) atoms. The zero-order valence-corrected chi connectivity index (χ0v) is 19.5. The first-order valence-electron chi connectivity index (χ1n) is 9.99. The number of amides is 2. The average molecular weight is 462 g/mol. The standard InChI is InChI=1S/C23H25Cl2N3O3/c1-5-31-20(29)13-28-22(30)27(14-23(2,3)4)19-11-10-15(24)12-17(19)21(26-28)16-8-6-7-9-18(16)25/h6-12H,5,13-14H2,1-4H3. The Morgan fingerprint density at radius 3 is 2.45 bits per heavy atom. The van der Waals surface area contributed by atoms with E-state index in [4.69, 9.17) is 27.9 Å². The molecule has 1 aliphatic rings. The molecule has 0 aromatic heterocycles. The molecular formula is C23H25Cl2N3O3. The minimum atomic E-state index is -0.544. The van der Waals surface area contributed by atoms with Crippen LogP contribution in [0.5, 0.6) is 0 Å². The largest absolute Gasteiger partial charge is 0.465 e. The van der Waals surface area contributed by atoms with Crippen molar-refractivity contribution >= 4 is 46.6 Å². The van der Waals surface area contributed by atoms with Gasteiger partial charge in [-0.3, -0.25) is 9.69 Å². The number of carbonyl (C=O) groups is 2. The number of rotatable bonds is 5. The Balaban J connectivity index is 2.24. The number of anilines is 1. The first kappa shape index (κ1) is 23.1. The number of nitrogens with zero attached hydrogens (tertiary/aromatic N) is 3. The van der Waals surface area contributed by atoms with Crippen LogP contribution in [0.15, 0.2) is 47.6 Å². The number of urea groups is 1. The van der Waals surface area contributed by atoms with Crippen LogP contribution in [0.2, 0.25) is 10.0 Å². The number of carbonyl (C=O) groups excluding carboxylic acids is 2. The smallest absolute Gasteiger partial charge is 0.345 e. The highest BCUT2D eigenvalue weighted by molar-refractivity contribution is 6.36. The highest BCUT2D eigenvalue weighted by atomic mass is 35.5. The van der Waals surface area contributed by atoms with Gasteiger partial charge in [0.05, 0.1) is 17.3 Å². The van der Waals surface area contributed by atoms with Crippen molar-refractivity contribution in [1.82, 2.24) is 5.01 Å². The van der Waals surface area contributed by atoms with Crippen molar-refractivity contribution in [2.24, 2.45) is 10.5 Å². The van der Waals surface area contributed by atoms with Gasteiger partial charge in [0.15, 0.2) is 0 Å². The van der Waals surface area contributed by atoms with Crippen LogP contribution in [0, 0.1) is 5.41 Å². The lowest BCUT2D eigenvalue weighted by Crippen LogP contribution is -2.45. The van der Waals surface area contributed by atoms with E-state index in [0.717, 1.165) is 5.01 Å². The number of ether oxygens (including phenoxy) is 1. The van der Waals surface area contributed by atoms with E-state index in [9.17, 15) is 9.59 Å². The molecule has 0 spiro atoms. The van der Waals surface area contributed by atoms with Crippen LogP contribution in [0.25, 0.3) is 0 Å². The number of halogens is 2. The molecule has 0 radical (unpaired) electrons. The van der Waals surface area contributed by atoms with E-state index in [1.165, 1.54) is 0 Å². The summed E-state index contributed by atoms with van der Waals surface area (Å²) < 4.78 is 5.06. The van der Waals surface area contributed by atoms with Gasteiger partial charge >= 0.3 is 12.0 Å². The van der Waals surface area contributed by atoms with Gasteiger partial charge in [0.1, 0.15) is 12.3 Å². The average Bonchev–Trinajstić information content (AvgIpc) is 2.78. The van der Waals surface area contributed by atoms with Crippen molar-refractivity contribution in [2.45, 2.75) is 27.7 Å². The minimum Gasteiger partial charge on any atom is -0.465 e. The lowest BCUT2D eigenvalue weighted by atomic mass is 9.94. The van der Waals surface area contributed by atoms with Crippen molar-refractivity contribution in [3.05, 3.63) is 63.6 Å². The van der Waals surface area contributed by atoms with E-state index < -0.39 is 12.0 Å². The summed E-state index contributed by atoms with van der Waals surface area (Å²) in [5.41, 5.74) is 2.18. The molecular weight excluding hydrogens is 437 g/mol. The SMILES string of the molecule is CCOC(=O)CN1N=C(c2ccccc2Cl)c2cc(Cl)ccc2N(CC(C)(C)C)C1=O. The van der Waals surface area contributed by atoms with Gasteiger partial charge in [-0.2, -0.15) is 5.10 Å². The van der Waals surface area contributed by atoms with E-state index in [1.54, 1.807) is 36.1 Å². The van der Waals surface area contributed by atoms with Gasteiger partial charge < -0.3 is 4.74 Å². The van der Waals surface area contributed by atoms with Crippen LogP contribution in [0.3, 0.4) is 0 Å². The molecule has 0 bridgehead atoms. The summed E-state index contributed by atoms with van der Waals surface area (Å²) in [7, 11) is 0. The summed E-state index contributed by atoms with van der Waals surface area (Å²) in [4.78, 5) is 27.4. The van der Waals surface area contributed by atoms with Crippen molar-refractivity contribution < 1.29 is 14.3 Å². The number of esters is 1. The third-order valence-electron chi connectivity index (χ3n) is 4.52. The molecule has 0 N–H and O–H groups in total. The van der Waals surface area contributed by atoms with E-state index >= 15 is 0 Å². The molecule has 1 heterocycles. The normalized spacial score (nSPS) is 14.1. The van der Waals surface area contributed by atoms with Crippen LogP contribution in [-0.2, 0) is 9.53 Å². The maximum absolute atomic E-state index is 13.5. The molecule has 0 saturated heterocycles. The molecule has 3 rings (SSSR count). The second-order valence-electron chi connectivity index (χ2n) is 8.38. The zero-order valence-electron chi connectivity index (χ0n) is 18.0. The molecule has 0 atom stereocenters. The molecule has 6 nitrogen and oxygen atoms in total. The van der Waals surface area contributed by atoms with Crippen LogP contribution in [0.1, 0.15) is 38.8 Å². The molecule has 0 saturated carbocycles. The lowest BCUT2D eigenvalue weighted by Gasteiger charge is -2.31. The van der Waals surface area contributed by atoms with Crippen LogP contribution >= 0.6 is 23.2 Å². The van der Waals surface area contributed by atoms with Gasteiger partial charge in [-0.1, -0.05) is 62.2 Å². The first-order chi connectivity index (χ1) is 14.6. The van der Waals surface area contributed by atoms with Crippen LogP contribution in [0.4, 0.5) is 10.5 Å². The van der Waals surface area contributed by atoms with Crippen molar-refractivity contribution in [1.29, 1.82) is 0 Å². The number of hydrogen-bond donors (Lipinski definition) is 0. The molecule has 2 aromatic carbocycles. The Labute approximate surface area is 192 Å². The molecule has 164 valence electrons. The quantitative estimate of drug-likeness (QED) is 0.544. The minimum absolute atomic E-state index is 0.211. The molecule has 0 aliphatic carbocycles. The third-order valence-corrected chi connectivity index (χ3v) is 5.09. The van der Waals surface area contributed by atoms with Gasteiger partial charge in [0.2, 0.25) is 0 Å². The van der Waals surface area contributed by atoms with E-state index in [1.807, 2.05) is 39.0 Å². The van der Waals surface area contributed by atoms with Crippen molar-refractivity contribution in [3.8, 4) is 0 Å². The summed E-state index contributed by atoms with van der Waals surface area (Å²) >= 11 is 12.8. The zero-order chi connectivity index (χ0) is 22.8. The fourth-order valence-electron chi connectivity index (χ4n) is 3.30. The summed E-state index contributed by atoms with van der Waals surface area (Å²) in [6.07, 6.45) is 0. The number of fused-ring (bicyclic) bond motifs is 1. The number of hydrogen-bond acceptors (Lipinski definition) is 4. The van der Waals surface area contributed by atoms with E-state index in [2.05, 4.69) is 5.10 Å². The molecule has 0 fully saturated rings. The van der Waals surface area contributed by atoms with E-state index in [-0.39, 0.29) is 18.6 Å². The molecule has 2 aromatic rings.